The molecule has 1 aromatic rings. The Balaban J connectivity index is 1.60. The van der Waals surface area contributed by atoms with Gasteiger partial charge in [0.15, 0.2) is 0 Å². The molecule has 0 atom stereocenters. The van der Waals surface area contributed by atoms with E-state index in [2.05, 4.69) is 0 Å². The monoisotopic (exact) mass is 411 g/mol. The summed E-state index contributed by atoms with van der Waals surface area (Å²) >= 11 is 0. The normalized spacial score (nSPS) is 21.9. The van der Waals surface area contributed by atoms with Crippen LogP contribution in [0.1, 0.15) is 33.1 Å². The molecule has 0 spiro atoms. The minimum Gasteiger partial charge on any atom is -0.283 e. The zero-order valence-corrected chi connectivity index (χ0v) is 17.0. The van der Waals surface area contributed by atoms with Gasteiger partial charge in [-0.3, -0.25) is 19.4 Å². The quantitative estimate of drug-likeness (QED) is 0.689. The topological polar surface area (TPSA) is 78.0 Å². The van der Waals surface area contributed by atoms with Crippen LogP contribution in [0.2, 0.25) is 0 Å². The average molecular weight is 411 g/mol. The van der Waals surface area contributed by atoms with Crippen LogP contribution in [0.3, 0.4) is 0 Å². The number of hydrogen-bond donors (Lipinski definition) is 0. The summed E-state index contributed by atoms with van der Waals surface area (Å²) in [5.74, 6) is -0.938. The molecule has 0 aliphatic carbocycles. The number of sulfonamides is 1. The van der Waals surface area contributed by atoms with Crippen LogP contribution in [0.5, 0.6) is 0 Å². The van der Waals surface area contributed by atoms with Gasteiger partial charge in [-0.05, 0) is 30.0 Å². The van der Waals surface area contributed by atoms with E-state index in [9.17, 15) is 22.4 Å². The maximum atomic E-state index is 13.4. The van der Waals surface area contributed by atoms with Crippen molar-refractivity contribution in [1.82, 2.24) is 14.1 Å². The number of piperidine rings is 1. The van der Waals surface area contributed by atoms with Gasteiger partial charge >= 0.3 is 0 Å². The van der Waals surface area contributed by atoms with E-state index in [1.165, 1.54) is 27.4 Å². The Morgan fingerprint density at radius 3 is 2.21 bits per heavy atom. The second-order valence-corrected chi connectivity index (χ2v) is 9.79. The molecule has 0 unspecified atom stereocenters. The number of piperazine rings is 1. The summed E-state index contributed by atoms with van der Waals surface area (Å²) in [5, 5.41) is 0. The molecule has 3 rings (SSSR count). The molecule has 154 valence electrons. The van der Waals surface area contributed by atoms with Crippen LogP contribution >= 0.6 is 0 Å². The zero-order chi connectivity index (χ0) is 20.5. The fraction of sp³-hybridized carbons (Fsp3) is 0.579. The standard InChI is InChI=1S/C19H26FN3O4S/c1-3-19(2)12-17(24)23(18(25)13-19)14-21-7-9-22(10-8-21)28(26,27)16-6-4-5-15(20)11-16/h4-6,11H,3,7-10,12-14H2,1-2H3. The van der Waals surface area contributed by atoms with Gasteiger partial charge < -0.3 is 0 Å². The summed E-state index contributed by atoms with van der Waals surface area (Å²) in [7, 11) is -3.76. The molecule has 2 heterocycles. The highest BCUT2D eigenvalue weighted by Gasteiger charge is 2.40. The fourth-order valence-corrected chi connectivity index (χ4v) is 5.07. The summed E-state index contributed by atoms with van der Waals surface area (Å²) < 4.78 is 40.0. The largest absolute Gasteiger partial charge is 0.283 e. The second kappa shape index (κ2) is 7.88. The van der Waals surface area contributed by atoms with Gasteiger partial charge in [0.25, 0.3) is 0 Å². The van der Waals surface area contributed by atoms with Crippen LogP contribution in [0.15, 0.2) is 29.2 Å². The molecular formula is C19H26FN3O4S. The third-order valence-electron chi connectivity index (χ3n) is 5.72. The average Bonchev–Trinajstić information content (AvgIpc) is 2.65. The van der Waals surface area contributed by atoms with E-state index in [1.54, 1.807) is 0 Å². The molecule has 0 radical (unpaired) electrons. The van der Waals surface area contributed by atoms with Crippen LogP contribution in [-0.4, -0.2) is 67.2 Å². The molecule has 0 aromatic heterocycles. The molecule has 2 fully saturated rings. The van der Waals surface area contributed by atoms with E-state index in [4.69, 9.17) is 0 Å². The number of carbonyl (C=O) groups excluding carboxylic acids is 2. The first-order valence-electron chi connectivity index (χ1n) is 9.46. The van der Waals surface area contributed by atoms with Crippen LogP contribution in [0.4, 0.5) is 4.39 Å². The maximum absolute atomic E-state index is 13.4. The molecule has 2 aliphatic rings. The van der Waals surface area contributed by atoms with Crippen molar-refractivity contribution in [2.75, 3.05) is 32.8 Å². The Hall–Kier alpha value is -1.84. The Labute approximate surface area is 165 Å². The van der Waals surface area contributed by atoms with Gasteiger partial charge in [-0.25, -0.2) is 12.8 Å². The minimum atomic E-state index is -3.76. The van der Waals surface area contributed by atoms with Crippen LogP contribution in [0.25, 0.3) is 0 Å². The predicted molar refractivity (Wildman–Crippen MR) is 101 cm³/mol. The van der Waals surface area contributed by atoms with E-state index in [1.807, 2.05) is 18.7 Å². The summed E-state index contributed by atoms with van der Waals surface area (Å²) in [5.41, 5.74) is -0.275. The number of likely N-dealkylation sites (tertiary alicyclic amines) is 1. The number of amides is 2. The molecule has 28 heavy (non-hydrogen) atoms. The fourth-order valence-electron chi connectivity index (χ4n) is 3.62. The number of benzene rings is 1. The van der Waals surface area contributed by atoms with Crippen molar-refractivity contribution in [3.05, 3.63) is 30.1 Å². The first kappa shape index (κ1) is 20.9. The minimum absolute atomic E-state index is 0.0683. The highest BCUT2D eigenvalue weighted by molar-refractivity contribution is 7.89. The summed E-state index contributed by atoms with van der Waals surface area (Å²) in [6.45, 7) is 5.37. The third-order valence-corrected chi connectivity index (χ3v) is 7.61. The lowest BCUT2D eigenvalue weighted by Gasteiger charge is -2.40. The lowest BCUT2D eigenvalue weighted by molar-refractivity contribution is -0.156. The van der Waals surface area contributed by atoms with E-state index >= 15 is 0 Å². The van der Waals surface area contributed by atoms with Crippen LogP contribution in [0, 0.1) is 11.2 Å². The first-order valence-corrected chi connectivity index (χ1v) is 10.9. The molecule has 0 bridgehead atoms. The maximum Gasteiger partial charge on any atom is 0.243 e. The highest BCUT2D eigenvalue weighted by Crippen LogP contribution is 2.35. The molecular weight excluding hydrogens is 385 g/mol. The van der Waals surface area contributed by atoms with Crippen molar-refractivity contribution in [2.24, 2.45) is 5.41 Å². The van der Waals surface area contributed by atoms with E-state index in [0.717, 1.165) is 12.5 Å². The van der Waals surface area contributed by atoms with Crippen molar-refractivity contribution in [2.45, 2.75) is 38.0 Å². The van der Waals surface area contributed by atoms with Gasteiger partial charge in [0.1, 0.15) is 5.82 Å². The smallest absolute Gasteiger partial charge is 0.243 e. The lowest BCUT2D eigenvalue weighted by Crippen LogP contribution is -2.55. The summed E-state index contributed by atoms with van der Waals surface area (Å²) in [6.07, 6.45) is 1.47. The third kappa shape index (κ3) is 4.26. The van der Waals surface area contributed by atoms with Crippen molar-refractivity contribution in [3.8, 4) is 0 Å². The highest BCUT2D eigenvalue weighted by atomic mass is 32.2. The van der Waals surface area contributed by atoms with E-state index in [0.29, 0.717) is 25.9 Å². The van der Waals surface area contributed by atoms with Gasteiger partial charge in [0.2, 0.25) is 21.8 Å². The molecule has 0 N–H and O–H groups in total. The number of halogens is 1. The number of carbonyl (C=O) groups is 2. The van der Waals surface area contributed by atoms with Crippen molar-refractivity contribution >= 4 is 21.8 Å². The molecule has 0 saturated carbocycles. The number of imide groups is 1. The van der Waals surface area contributed by atoms with Crippen molar-refractivity contribution in [1.29, 1.82) is 0 Å². The Morgan fingerprint density at radius 2 is 1.68 bits per heavy atom. The molecule has 2 saturated heterocycles. The van der Waals surface area contributed by atoms with Crippen LogP contribution < -0.4 is 0 Å². The SMILES string of the molecule is CCC1(C)CC(=O)N(CN2CCN(S(=O)(=O)c3cccc(F)c3)CC2)C(=O)C1. The Morgan fingerprint density at radius 1 is 1.07 bits per heavy atom. The molecule has 9 heteroatoms. The summed E-state index contributed by atoms with van der Waals surface area (Å²) in [6, 6.07) is 4.96. The molecule has 2 amide bonds. The summed E-state index contributed by atoms with van der Waals surface area (Å²) in [4.78, 5) is 28.0. The predicted octanol–water partition coefficient (Wildman–Crippen LogP) is 1.65. The molecule has 2 aliphatic heterocycles. The Bertz CT molecular complexity index is 848. The molecule has 7 nitrogen and oxygen atoms in total. The van der Waals surface area contributed by atoms with Gasteiger partial charge in [0, 0.05) is 39.0 Å². The van der Waals surface area contributed by atoms with Gasteiger partial charge in [-0.15, -0.1) is 0 Å². The lowest BCUT2D eigenvalue weighted by atomic mass is 9.77. The number of nitrogens with zero attached hydrogens (tertiary/aromatic N) is 3. The van der Waals surface area contributed by atoms with Gasteiger partial charge in [-0.2, -0.15) is 4.31 Å². The number of rotatable bonds is 5. The zero-order valence-electron chi connectivity index (χ0n) is 16.2. The van der Waals surface area contributed by atoms with Crippen molar-refractivity contribution in [3.63, 3.8) is 0 Å². The van der Waals surface area contributed by atoms with E-state index in [-0.39, 0.29) is 41.9 Å². The van der Waals surface area contributed by atoms with E-state index < -0.39 is 15.8 Å². The first-order chi connectivity index (χ1) is 13.1. The van der Waals surface area contributed by atoms with Gasteiger partial charge in [-0.1, -0.05) is 19.9 Å². The van der Waals surface area contributed by atoms with Gasteiger partial charge in [0.05, 0.1) is 11.6 Å². The second-order valence-electron chi connectivity index (χ2n) is 7.85. The molecule has 1 aromatic carbocycles. The number of hydrogen-bond acceptors (Lipinski definition) is 5. The van der Waals surface area contributed by atoms with Crippen LogP contribution in [-0.2, 0) is 19.6 Å². The Kier molecular flexibility index (Phi) is 5.88. The van der Waals surface area contributed by atoms with Crippen molar-refractivity contribution < 1.29 is 22.4 Å².